The smallest absolute Gasteiger partial charge is 0.227 e. The quantitative estimate of drug-likeness (QED) is 0.442. The predicted octanol–water partition coefficient (Wildman–Crippen LogP) is 4.61. The van der Waals surface area contributed by atoms with E-state index in [1.54, 1.807) is 0 Å². The van der Waals surface area contributed by atoms with Crippen LogP contribution in [0.15, 0.2) is 72.8 Å². The lowest BCUT2D eigenvalue weighted by Crippen LogP contribution is -2.26. The fraction of sp³-hybridized carbons (Fsp3) is 0.286. The minimum Gasteiger partial charge on any atom is -0.491 e. The molecule has 1 aliphatic heterocycles. The molecule has 0 saturated carbocycles. The van der Waals surface area contributed by atoms with E-state index >= 15 is 0 Å². The molecule has 0 bridgehead atoms. The van der Waals surface area contributed by atoms with E-state index in [1.165, 1.54) is 0 Å². The number of nitrogens with zero attached hydrogens (tertiary/aromatic N) is 3. The molecule has 0 unspecified atom stereocenters. The molecule has 34 heavy (non-hydrogen) atoms. The second kappa shape index (κ2) is 9.31. The Morgan fingerprint density at radius 3 is 2.68 bits per heavy atom. The minimum atomic E-state index is -0.721. The molecule has 1 saturated heterocycles. The molecule has 174 valence electrons. The number of ether oxygens (including phenoxy) is 1. The summed E-state index contributed by atoms with van der Waals surface area (Å²) in [6.07, 6.45) is -0.325. The van der Waals surface area contributed by atoms with Crippen molar-refractivity contribution in [3.63, 3.8) is 0 Å². The first-order valence-corrected chi connectivity index (χ1v) is 11.7. The molecule has 4 aromatic rings. The molecule has 3 aromatic carbocycles. The Morgan fingerprint density at radius 2 is 1.85 bits per heavy atom. The van der Waals surface area contributed by atoms with Gasteiger partial charge in [-0.3, -0.25) is 4.79 Å². The number of aliphatic hydroxyl groups excluding tert-OH is 1. The lowest BCUT2D eigenvalue weighted by molar-refractivity contribution is -0.117. The molecule has 2 heterocycles. The number of aryl methyl sites for hydroxylation is 2. The van der Waals surface area contributed by atoms with E-state index in [9.17, 15) is 9.90 Å². The lowest BCUT2D eigenvalue weighted by atomic mass is 10.1. The van der Waals surface area contributed by atoms with Crippen molar-refractivity contribution < 1.29 is 14.6 Å². The van der Waals surface area contributed by atoms with E-state index in [1.807, 2.05) is 91.5 Å². The zero-order chi connectivity index (χ0) is 23.7. The summed E-state index contributed by atoms with van der Waals surface area (Å²) < 4.78 is 7.94. The number of benzene rings is 3. The van der Waals surface area contributed by atoms with Crippen LogP contribution in [0.3, 0.4) is 0 Å². The number of anilines is 1. The Bertz CT molecular complexity index is 1330. The molecular weight excluding hydrogens is 426 g/mol. The van der Waals surface area contributed by atoms with E-state index in [-0.39, 0.29) is 18.4 Å². The number of amides is 1. The van der Waals surface area contributed by atoms with Gasteiger partial charge in [0.1, 0.15) is 24.3 Å². The van der Waals surface area contributed by atoms with Gasteiger partial charge >= 0.3 is 0 Å². The van der Waals surface area contributed by atoms with Gasteiger partial charge in [0.25, 0.3) is 0 Å². The summed E-state index contributed by atoms with van der Waals surface area (Å²) >= 11 is 0. The number of imidazole rings is 1. The number of fused-ring (bicyclic) bond motifs is 1. The highest BCUT2D eigenvalue weighted by molar-refractivity contribution is 5.96. The highest BCUT2D eigenvalue weighted by atomic mass is 16.5. The van der Waals surface area contributed by atoms with E-state index in [0.29, 0.717) is 19.5 Å². The molecule has 6 nitrogen and oxygen atoms in total. The number of carbonyl (C=O) groups is 1. The van der Waals surface area contributed by atoms with Crippen molar-refractivity contribution in [1.82, 2.24) is 9.55 Å². The van der Waals surface area contributed by atoms with Gasteiger partial charge in [-0.05, 0) is 55.3 Å². The van der Waals surface area contributed by atoms with Crippen LogP contribution < -0.4 is 9.64 Å². The van der Waals surface area contributed by atoms with Crippen LogP contribution in [-0.2, 0) is 11.3 Å². The Kier molecular flexibility index (Phi) is 6.07. The maximum Gasteiger partial charge on any atom is 0.227 e. The predicted molar refractivity (Wildman–Crippen MR) is 133 cm³/mol. The number of hydrogen-bond acceptors (Lipinski definition) is 4. The fourth-order valence-corrected chi connectivity index (χ4v) is 4.69. The van der Waals surface area contributed by atoms with Gasteiger partial charge in [-0.2, -0.15) is 0 Å². The lowest BCUT2D eigenvalue weighted by Gasteiger charge is -2.19. The van der Waals surface area contributed by atoms with Crippen molar-refractivity contribution in [1.29, 1.82) is 0 Å². The van der Waals surface area contributed by atoms with Gasteiger partial charge in [0.15, 0.2) is 0 Å². The number of aliphatic hydroxyl groups is 1. The molecule has 1 N–H and O–H groups in total. The SMILES string of the molecule is Cc1cccc(N2C[C@H](c3nc4ccccc4n3C[C@H](O)COc3ccccc3C)CC2=O)c1. The third kappa shape index (κ3) is 4.41. The summed E-state index contributed by atoms with van der Waals surface area (Å²) in [6.45, 7) is 5.11. The second-order valence-corrected chi connectivity index (χ2v) is 9.04. The van der Waals surface area contributed by atoms with Crippen LogP contribution in [0.5, 0.6) is 5.75 Å². The van der Waals surface area contributed by atoms with E-state index in [4.69, 9.17) is 9.72 Å². The van der Waals surface area contributed by atoms with Crippen molar-refractivity contribution in [2.45, 2.75) is 38.8 Å². The van der Waals surface area contributed by atoms with Crippen molar-refractivity contribution >= 4 is 22.6 Å². The van der Waals surface area contributed by atoms with Crippen LogP contribution in [0.1, 0.15) is 29.3 Å². The normalized spacial score (nSPS) is 16.9. The van der Waals surface area contributed by atoms with E-state index in [0.717, 1.165) is 39.4 Å². The average Bonchev–Trinajstić information content (AvgIpc) is 3.39. The van der Waals surface area contributed by atoms with Crippen molar-refractivity contribution in [3.8, 4) is 5.75 Å². The highest BCUT2D eigenvalue weighted by Crippen LogP contribution is 2.33. The Labute approximate surface area is 199 Å². The van der Waals surface area contributed by atoms with Gasteiger partial charge < -0.3 is 19.3 Å². The number of hydrogen-bond donors (Lipinski definition) is 1. The highest BCUT2D eigenvalue weighted by Gasteiger charge is 2.35. The Balaban J connectivity index is 1.39. The molecule has 5 rings (SSSR count). The zero-order valence-corrected chi connectivity index (χ0v) is 19.5. The molecule has 0 spiro atoms. The number of para-hydroxylation sites is 3. The topological polar surface area (TPSA) is 67.6 Å². The minimum absolute atomic E-state index is 0.0510. The second-order valence-electron chi connectivity index (χ2n) is 9.04. The van der Waals surface area contributed by atoms with Gasteiger partial charge in [-0.25, -0.2) is 4.98 Å². The summed E-state index contributed by atoms with van der Waals surface area (Å²) in [5.74, 6) is 1.65. The molecule has 0 aliphatic carbocycles. The van der Waals surface area contributed by atoms with Gasteiger partial charge in [-0.15, -0.1) is 0 Å². The van der Waals surface area contributed by atoms with Crippen LogP contribution in [0, 0.1) is 13.8 Å². The van der Waals surface area contributed by atoms with E-state index < -0.39 is 6.10 Å². The molecular formula is C28H29N3O3. The van der Waals surface area contributed by atoms with Gasteiger partial charge in [0.05, 0.1) is 17.6 Å². The summed E-state index contributed by atoms with van der Waals surface area (Å²) in [6, 6.07) is 23.7. The van der Waals surface area contributed by atoms with Crippen LogP contribution in [0.4, 0.5) is 5.69 Å². The summed E-state index contributed by atoms with van der Waals surface area (Å²) in [5, 5.41) is 10.9. The molecule has 1 aliphatic rings. The van der Waals surface area contributed by atoms with Gasteiger partial charge in [-0.1, -0.05) is 42.5 Å². The Morgan fingerprint density at radius 1 is 1.06 bits per heavy atom. The monoisotopic (exact) mass is 455 g/mol. The third-order valence-electron chi connectivity index (χ3n) is 6.41. The van der Waals surface area contributed by atoms with Crippen LogP contribution in [0.2, 0.25) is 0 Å². The average molecular weight is 456 g/mol. The molecule has 1 fully saturated rings. The third-order valence-corrected chi connectivity index (χ3v) is 6.41. The number of rotatable bonds is 7. The van der Waals surface area contributed by atoms with Crippen molar-refractivity contribution in [3.05, 3.63) is 89.7 Å². The van der Waals surface area contributed by atoms with Crippen molar-refractivity contribution in [2.24, 2.45) is 0 Å². The van der Waals surface area contributed by atoms with Crippen molar-refractivity contribution in [2.75, 3.05) is 18.1 Å². The summed E-state index contributed by atoms with van der Waals surface area (Å²) in [4.78, 5) is 19.7. The maximum atomic E-state index is 12.9. The first kappa shape index (κ1) is 22.2. The first-order chi connectivity index (χ1) is 16.5. The fourth-order valence-electron chi connectivity index (χ4n) is 4.69. The van der Waals surface area contributed by atoms with Gasteiger partial charge in [0.2, 0.25) is 5.91 Å². The van der Waals surface area contributed by atoms with Gasteiger partial charge in [0, 0.05) is 24.6 Å². The Hall–Kier alpha value is -3.64. The van der Waals surface area contributed by atoms with Crippen LogP contribution >= 0.6 is 0 Å². The summed E-state index contributed by atoms with van der Waals surface area (Å²) in [5.41, 5.74) is 4.89. The zero-order valence-electron chi connectivity index (χ0n) is 19.5. The van der Waals surface area contributed by atoms with Crippen LogP contribution in [0.25, 0.3) is 11.0 Å². The molecule has 1 aromatic heterocycles. The molecule has 6 heteroatoms. The molecule has 1 amide bonds. The molecule has 2 atom stereocenters. The molecule has 0 radical (unpaired) electrons. The first-order valence-electron chi connectivity index (χ1n) is 11.7. The van der Waals surface area contributed by atoms with E-state index in [2.05, 4.69) is 4.57 Å². The summed E-state index contributed by atoms with van der Waals surface area (Å²) in [7, 11) is 0. The number of aromatic nitrogens is 2. The number of carbonyl (C=O) groups excluding carboxylic acids is 1. The maximum absolute atomic E-state index is 12.9. The van der Waals surface area contributed by atoms with Crippen LogP contribution in [-0.4, -0.2) is 39.8 Å². The standard InChI is InChI=1S/C28H29N3O3/c1-19-8-7-10-22(14-19)30-16-21(15-27(30)33)28-29-24-11-4-5-12-25(24)31(28)17-23(32)18-34-26-13-6-3-9-20(26)2/h3-14,21,23,32H,15-18H2,1-2H3/t21-,23+/m1/s1. The largest absolute Gasteiger partial charge is 0.491 e.